The van der Waals surface area contributed by atoms with Crippen molar-refractivity contribution < 1.29 is 20.1 Å². The van der Waals surface area contributed by atoms with Crippen LogP contribution < -0.4 is 0 Å². The number of ether oxygens (including phenoxy) is 1. The van der Waals surface area contributed by atoms with Crippen LogP contribution in [0.4, 0.5) is 0 Å². The molecule has 0 aromatic carbocycles. The smallest absolute Gasteiger partial charge is 0.111 e. The average Bonchev–Trinajstić information content (AvgIpc) is 2.01. The highest BCUT2D eigenvalue weighted by Gasteiger charge is 2.36. The van der Waals surface area contributed by atoms with Crippen LogP contribution in [-0.2, 0) is 4.74 Å². The van der Waals surface area contributed by atoms with Gasteiger partial charge in [-0.2, -0.15) is 0 Å². The molecule has 0 aliphatic carbocycles. The number of aliphatic hydroxyl groups is 3. The average molecular weight is 227 g/mol. The first-order valence-electron chi connectivity index (χ1n) is 3.38. The first kappa shape index (κ1) is 9.41. The van der Waals surface area contributed by atoms with Crippen LogP contribution in [0.1, 0.15) is 0 Å². The van der Waals surface area contributed by atoms with Crippen molar-refractivity contribution in [2.75, 3.05) is 11.9 Å². The first-order chi connectivity index (χ1) is 5.16. The molecule has 4 atom stereocenters. The second-order valence-corrected chi connectivity index (χ2v) is 3.22. The fraction of sp³-hybridized carbons (Fsp3) is 1.00. The minimum atomic E-state index is -1.09. The van der Waals surface area contributed by atoms with Crippen molar-refractivity contribution in [3.63, 3.8) is 0 Å². The van der Waals surface area contributed by atoms with Gasteiger partial charge < -0.3 is 20.1 Å². The normalized spacial score (nSPS) is 45.8. The Morgan fingerprint density at radius 3 is 2.45 bits per heavy atom. The van der Waals surface area contributed by atoms with E-state index in [0.717, 1.165) is 0 Å². The molecule has 0 unspecified atom stereocenters. The van der Waals surface area contributed by atoms with Gasteiger partial charge in [0.05, 0.1) is 12.7 Å². The molecule has 1 fully saturated rings. The highest BCUT2D eigenvalue weighted by atomic mass is 79.9. The van der Waals surface area contributed by atoms with Gasteiger partial charge in [-0.05, 0) is 0 Å². The number of hydrogen-bond donors (Lipinski definition) is 3. The third kappa shape index (κ3) is 1.91. The lowest BCUT2D eigenvalue weighted by Gasteiger charge is -2.34. The van der Waals surface area contributed by atoms with Gasteiger partial charge in [0, 0.05) is 5.33 Å². The number of aliphatic hydroxyl groups excluding tert-OH is 3. The Labute approximate surface area is 72.9 Å². The fourth-order valence-corrected chi connectivity index (χ4v) is 1.57. The van der Waals surface area contributed by atoms with Gasteiger partial charge in [0.1, 0.15) is 18.3 Å². The Morgan fingerprint density at radius 1 is 1.27 bits per heavy atom. The van der Waals surface area contributed by atoms with Crippen LogP contribution in [0.2, 0.25) is 0 Å². The number of alkyl halides is 1. The molecule has 0 aromatic rings. The molecule has 1 heterocycles. The van der Waals surface area contributed by atoms with E-state index in [2.05, 4.69) is 15.9 Å². The van der Waals surface area contributed by atoms with E-state index in [-0.39, 0.29) is 6.61 Å². The van der Waals surface area contributed by atoms with Gasteiger partial charge in [-0.15, -0.1) is 0 Å². The molecular weight excluding hydrogens is 216 g/mol. The molecule has 0 spiro atoms. The summed E-state index contributed by atoms with van der Waals surface area (Å²) in [6, 6.07) is 0. The number of rotatable bonds is 1. The van der Waals surface area contributed by atoms with Gasteiger partial charge in [-0.25, -0.2) is 0 Å². The Morgan fingerprint density at radius 2 is 1.91 bits per heavy atom. The predicted octanol–water partition coefficient (Wildman–Crippen LogP) is -1.14. The minimum absolute atomic E-state index is 0.0779. The van der Waals surface area contributed by atoms with Crippen molar-refractivity contribution in [2.24, 2.45) is 0 Å². The second-order valence-electron chi connectivity index (χ2n) is 2.57. The van der Waals surface area contributed by atoms with Crippen molar-refractivity contribution in [1.29, 1.82) is 0 Å². The first-order valence-corrected chi connectivity index (χ1v) is 4.50. The summed E-state index contributed by atoms with van der Waals surface area (Å²) in [6.45, 7) is 0.0779. The van der Waals surface area contributed by atoms with Crippen molar-refractivity contribution in [3.8, 4) is 0 Å². The standard InChI is InChI=1S/C6H11BrO4/c7-1-4-6(10)5(9)3(8)2-11-4/h3-6,8-10H,1-2H2/t3-,4+,5+,6+/m0/s1. The lowest BCUT2D eigenvalue weighted by molar-refractivity contribution is -0.179. The Hall–Kier alpha value is 0.320. The minimum Gasteiger partial charge on any atom is -0.388 e. The lowest BCUT2D eigenvalue weighted by Crippen LogP contribution is -2.53. The summed E-state index contributed by atoms with van der Waals surface area (Å²) in [5, 5.41) is 27.9. The molecule has 1 saturated heterocycles. The number of halogens is 1. The second kappa shape index (κ2) is 3.82. The molecule has 1 aliphatic rings. The molecule has 4 nitrogen and oxygen atoms in total. The Kier molecular flexibility index (Phi) is 3.27. The zero-order valence-corrected chi connectivity index (χ0v) is 7.44. The molecule has 0 bridgehead atoms. The molecule has 0 radical (unpaired) electrons. The molecule has 3 N–H and O–H groups in total. The zero-order valence-electron chi connectivity index (χ0n) is 5.85. The molecule has 1 aliphatic heterocycles. The predicted molar refractivity (Wildman–Crippen MR) is 41.6 cm³/mol. The lowest BCUT2D eigenvalue weighted by atomic mass is 10.0. The van der Waals surface area contributed by atoms with Crippen molar-refractivity contribution in [3.05, 3.63) is 0 Å². The third-order valence-electron chi connectivity index (χ3n) is 1.76. The summed E-state index contributed by atoms with van der Waals surface area (Å²) < 4.78 is 5.02. The summed E-state index contributed by atoms with van der Waals surface area (Å²) in [6.07, 6.45) is -3.49. The quantitative estimate of drug-likeness (QED) is 0.495. The van der Waals surface area contributed by atoms with Gasteiger partial charge in [0.25, 0.3) is 0 Å². The molecule has 0 aromatic heterocycles. The van der Waals surface area contributed by atoms with Gasteiger partial charge in [0.15, 0.2) is 0 Å². The van der Waals surface area contributed by atoms with Gasteiger partial charge >= 0.3 is 0 Å². The Bertz CT molecular complexity index is 130. The van der Waals surface area contributed by atoms with Gasteiger partial charge in [-0.3, -0.25) is 0 Å². The number of hydrogen-bond acceptors (Lipinski definition) is 4. The monoisotopic (exact) mass is 226 g/mol. The molecule has 0 saturated carbocycles. The SMILES string of the molecule is O[C@H]1[C@H](O)[C@@H](CBr)OC[C@@H]1O. The van der Waals surface area contributed by atoms with Crippen LogP contribution in [0, 0.1) is 0 Å². The van der Waals surface area contributed by atoms with Crippen LogP contribution in [0.3, 0.4) is 0 Å². The highest BCUT2D eigenvalue weighted by Crippen LogP contribution is 2.16. The molecule has 1 rings (SSSR count). The molecular formula is C6H11BrO4. The van der Waals surface area contributed by atoms with Crippen LogP contribution in [0.5, 0.6) is 0 Å². The maximum atomic E-state index is 9.24. The molecule has 0 amide bonds. The summed E-state index contributed by atoms with van der Waals surface area (Å²) in [5.74, 6) is 0. The molecule has 66 valence electrons. The van der Waals surface area contributed by atoms with E-state index in [1.54, 1.807) is 0 Å². The van der Waals surface area contributed by atoms with Crippen LogP contribution in [0.15, 0.2) is 0 Å². The van der Waals surface area contributed by atoms with Crippen LogP contribution in [0.25, 0.3) is 0 Å². The maximum absolute atomic E-state index is 9.24. The molecule has 5 heteroatoms. The van der Waals surface area contributed by atoms with Crippen LogP contribution >= 0.6 is 15.9 Å². The topological polar surface area (TPSA) is 69.9 Å². The Balaban J connectivity index is 2.52. The van der Waals surface area contributed by atoms with Gasteiger partial charge in [-0.1, -0.05) is 15.9 Å². The van der Waals surface area contributed by atoms with Crippen molar-refractivity contribution in [1.82, 2.24) is 0 Å². The summed E-state index contributed by atoms with van der Waals surface area (Å²) in [4.78, 5) is 0. The van der Waals surface area contributed by atoms with E-state index in [1.807, 2.05) is 0 Å². The fourth-order valence-electron chi connectivity index (χ4n) is 1.00. The highest BCUT2D eigenvalue weighted by molar-refractivity contribution is 9.09. The summed E-state index contributed by atoms with van der Waals surface area (Å²) in [5.41, 5.74) is 0. The largest absolute Gasteiger partial charge is 0.388 e. The summed E-state index contributed by atoms with van der Waals surface area (Å²) in [7, 11) is 0. The van der Waals surface area contributed by atoms with Crippen molar-refractivity contribution >= 4 is 15.9 Å². The van der Waals surface area contributed by atoms with E-state index in [1.165, 1.54) is 0 Å². The zero-order chi connectivity index (χ0) is 8.43. The third-order valence-corrected chi connectivity index (χ3v) is 2.40. The van der Waals surface area contributed by atoms with E-state index < -0.39 is 24.4 Å². The summed E-state index contributed by atoms with van der Waals surface area (Å²) >= 11 is 3.12. The van der Waals surface area contributed by atoms with E-state index in [4.69, 9.17) is 14.9 Å². The maximum Gasteiger partial charge on any atom is 0.111 e. The van der Waals surface area contributed by atoms with E-state index >= 15 is 0 Å². The molecule has 11 heavy (non-hydrogen) atoms. The van der Waals surface area contributed by atoms with Gasteiger partial charge in [0.2, 0.25) is 0 Å². The van der Waals surface area contributed by atoms with Crippen LogP contribution in [-0.4, -0.2) is 51.7 Å². The van der Waals surface area contributed by atoms with E-state index in [0.29, 0.717) is 5.33 Å². The van der Waals surface area contributed by atoms with E-state index in [9.17, 15) is 5.11 Å². The van der Waals surface area contributed by atoms with Crippen molar-refractivity contribution in [2.45, 2.75) is 24.4 Å².